The fourth-order valence-electron chi connectivity index (χ4n) is 3.02. The minimum atomic E-state index is -0.379. The number of allylic oxidation sites excluding steroid dienone is 1. The fraction of sp³-hybridized carbons (Fsp3) is 0.467. The lowest BCUT2D eigenvalue weighted by molar-refractivity contribution is -0.384. The molecule has 0 bridgehead atoms. The summed E-state index contributed by atoms with van der Waals surface area (Å²) in [5, 5.41) is 20.4. The second-order valence-corrected chi connectivity index (χ2v) is 5.57. The highest BCUT2D eigenvalue weighted by molar-refractivity contribution is 5.40. The number of hydrogen-bond acceptors (Lipinski definition) is 5. The Morgan fingerprint density at radius 1 is 1.48 bits per heavy atom. The molecule has 112 valence electrons. The van der Waals surface area contributed by atoms with Crippen molar-refractivity contribution in [3.63, 3.8) is 0 Å². The first-order valence-electron chi connectivity index (χ1n) is 7.17. The van der Waals surface area contributed by atoms with E-state index >= 15 is 0 Å². The van der Waals surface area contributed by atoms with Gasteiger partial charge in [-0.25, -0.2) is 0 Å². The SMILES string of the molecule is O=[N+]([O-])c1cccc(C(C2=C(CO)CNO2)C2CCC2)c1. The zero-order valence-electron chi connectivity index (χ0n) is 11.6. The van der Waals surface area contributed by atoms with Crippen LogP contribution in [0.2, 0.25) is 0 Å². The van der Waals surface area contributed by atoms with Crippen molar-refractivity contribution in [3.8, 4) is 0 Å². The summed E-state index contributed by atoms with van der Waals surface area (Å²) in [5.41, 5.74) is 4.61. The molecule has 2 N–H and O–H groups in total. The van der Waals surface area contributed by atoms with Crippen LogP contribution in [0.15, 0.2) is 35.6 Å². The van der Waals surface area contributed by atoms with Crippen LogP contribution >= 0.6 is 0 Å². The van der Waals surface area contributed by atoms with Gasteiger partial charge in [-0.2, -0.15) is 5.48 Å². The molecule has 1 aromatic rings. The highest BCUT2D eigenvalue weighted by Crippen LogP contribution is 2.45. The summed E-state index contributed by atoms with van der Waals surface area (Å²) in [4.78, 5) is 16.1. The van der Waals surface area contributed by atoms with Crippen molar-refractivity contribution in [2.75, 3.05) is 13.2 Å². The number of hydroxylamine groups is 1. The van der Waals surface area contributed by atoms with Crippen LogP contribution in [-0.2, 0) is 4.84 Å². The van der Waals surface area contributed by atoms with Crippen LogP contribution in [0.25, 0.3) is 0 Å². The van der Waals surface area contributed by atoms with Crippen LogP contribution < -0.4 is 5.48 Å². The number of aliphatic hydroxyl groups excluding tert-OH is 1. The maximum absolute atomic E-state index is 11.0. The first kappa shape index (κ1) is 14.0. The Morgan fingerprint density at radius 2 is 2.29 bits per heavy atom. The third-order valence-corrected chi connectivity index (χ3v) is 4.35. The maximum Gasteiger partial charge on any atom is 0.269 e. The zero-order valence-corrected chi connectivity index (χ0v) is 11.6. The average molecular weight is 290 g/mol. The molecule has 1 fully saturated rings. The first-order valence-corrected chi connectivity index (χ1v) is 7.17. The summed E-state index contributed by atoms with van der Waals surface area (Å²) >= 11 is 0. The maximum atomic E-state index is 11.0. The third-order valence-electron chi connectivity index (χ3n) is 4.35. The molecule has 6 nitrogen and oxygen atoms in total. The number of hydrogen-bond donors (Lipinski definition) is 2. The second-order valence-electron chi connectivity index (χ2n) is 5.57. The predicted octanol–water partition coefficient (Wildman–Crippen LogP) is 2.26. The first-order chi connectivity index (χ1) is 10.2. The Bertz CT molecular complexity index is 581. The lowest BCUT2D eigenvalue weighted by Crippen LogP contribution is -2.23. The summed E-state index contributed by atoms with van der Waals surface area (Å²) < 4.78 is 0. The highest BCUT2D eigenvalue weighted by atomic mass is 16.7. The minimum absolute atomic E-state index is 0.0178. The van der Waals surface area contributed by atoms with Crippen LogP contribution in [0, 0.1) is 16.0 Å². The molecule has 1 aliphatic carbocycles. The molecule has 1 saturated carbocycles. The van der Waals surface area contributed by atoms with Crippen molar-refractivity contribution < 1.29 is 14.9 Å². The number of nitro benzene ring substituents is 1. The van der Waals surface area contributed by atoms with Gasteiger partial charge in [0.1, 0.15) is 5.76 Å². The van der Waals surface area contributed by atoms with E-state index in [4.69, 9.17) is 4.84 Å². The van der Waals surface area contributed by atoms with Crippen molar-refractivity contribution in [2.24, 2.45) is 5.92 Å². The van der Waals surface area contributed by atoms with Crippen LogP contribution in [-0.4, -0.2) is 23.2 Å². The van der Waals surface area contributed by atoms with Crippen LogP contribution in [0.3, 0.4) is 0 Å². The van der Waals surface area contributed by atoms with E-state index in [1.165, 1.54) is 12.5 Å². The van der Waals surface area contributed by atoms with Crippen molar-refractivity contribution in [3.05, 3.63) is 51.3 Å². The van der Waals surface area contributed by atoms with Gasteiger partial charge < -0.3 is 9.94 Å². The molecule has 6 heteroatoms. The lowest BCUT2D eigenvalue weighted by Gasteiger charge is -2.34. The van der Waals surface area contributed by atoms with Crippen molar-refractivity contribution in [1.82, 2.24) is 5.48 Å². The van der Waals surface area contributed by atoms with Crippen LogP contribution in [0.4, 0.5) is 5.69 Å². The van der Waals surface area contributed by atoms with Gasteiger partial charge in [-0.3, -0.25) is 10.1 Å². The highest BCUT2D eigenvalue weighted by Gasteiger charge is 2.36. The summed E-state index contributed by atoms with van der Waals surface area (Å²) in [7, 11) is 0. The normalized spacial score (nSPS) is 20.0. The molecular weight excluding hydrogens is 272 g/mol. The summed E-state index contributed by atoms with van der Waals surface area (Å²) in [5.74, 6) is 1.14. The molecular formula is C15H18N2O4. The van der Waals surface area contributed by atoms with E-state index in [0.717, 1.165) is 29.7 Å². The van der Waals surface area contributed by atoms with Gasteiger partial charge >= 0.3 is 0 Å². The number of nitrogens with one attached hydrogen (secondary N) is 1. The molecule has 1 atom stereocenters. The van der Waals surface area contributed by atoms with Gasteiger partial charge in [0, 0.05) is 23.6 Å². The van der Waals surface area contributed by atoms with Crippen LogP contribution in [0.5, 0.6) is 0 Å². The zero-order chi connectivity index (χ0) is 14.8. The molecule has 1 aromatic carbocycles. The van der Waals surface area contributed by atoms with E-state index in [9.17, 15) is 15.2 Å². The molecule has 1 unspecified atom stereocenters. The Kier molecular flexibility index (Phi) is 3.90. The fourth-order valence-corrected chi connectivity index (χ4v) is 3.02. The van der Waals surface area contributed by atoms with Gasteiger partial charge in [-0.15, -0.1) is 0 Å². The van der Waals surface area contributed by atoms with Gasteiger partial charge in [0.05, 0.1) is 18.1 Å². The summed E-state index contributed by atoms with van der Waals surface area (Å²) in [6.07, 6.45) is 3.34. The largest absolute Gasteiger partial charge is 0.412 e. The molecule has 3 rings (SSSR count). The quantitative estimate of drug-likeness (QED) is 0.642. The monoisotopic (exact) mass is 290 g/mol. The topological polar surface area (TPSA) is 84.6 Å². The molecule has 0 saturated heterocycles. The minimum Gasteiger partial charge on any atom is -0.412 e. The van der Waals surface area contributed by atoms with E-state index in [2.05, 4.69) is 5.48 Å². The Labute approximate surface area is 122 Å². The van der Waals surface area contributed by atoms with E-state index in [-0.39, 0.29) is 23.1 Å². The Hall–Kier alpha value is -1.92. The Balaban J connectivity index is 2.00. The smallest absolute Gasteiger partial charge is 0.269 e. The van der Waals surface area contributed by atoms with Gasteiger partial charge in [0.15, 0.2) is 0 Å². The number of benzene rings is 1. The van der Waals surface area contributed by atoms with Crippen molar-refractivity contribution >= 4 is 5.69 Å². The summed E-state index contributed by atoms with van der Waals surface area (Å²) in [6.45, 7) is 0.449. The molecule has 0 aromatic heterocycles. The van der Waals surface area contributed by atoms with Crippen LogP contribution in [0.1, 0.15) is 30.7 Å². The van der Waals surface area contributed by atoms with Gasteiger partial charge in [0.25, 0.3) is 5.69 Å². The molecule has 0 radical (unpaired) electrons. The molecule has 1 aliphatic heterocycles. The molecule has 2 aliphatic rings. The number of nitro groups is 1. The van der Waals surface area contributed by atoms with E-state index in [1.807, 2.05) is 6.07 Å². The summed E-state index contributed by atoms with van der Waals surface area (Å²) in [6, 6.07) is 6.73. The lowest BCUT2D eigenvalue weighted by atomic mass is 9.71. The van der Waals surface area contributed by atoms with Crippen molar-refractivity contribution in [2.45, 2.75) is 25.2 Å². The molecule has 21 heavy (non-hydrogen) atoms. The third kappa shape index (κ3) is 2.64. The molecule has 0 spiro atoms. The van der Waals surface area contributed by atoms with E-state index < -0.39 is 0 Å². The molecule has 1 heterocycles. The van der Waals surface area contributed by atoms with Gasteiger partial charge in [-0.1, -0.05) is 18.6 Å². The number of rotatable bonds is 5. The number of non-ortho nitro benzene ring substituents is 1. The second kappa shape index (κ2) is 5.83. The van der Waals surface area contributed by atoms with Crippen molar-refractivity contribution in [1.29, 1.82) is 0 Å². The molecule has 0 amide bonds. The number of nitrogens with zero attached hydrogens (tertiary/aromatic N) is 1. The van der Waals surface area contributed by atoms with E-state index in [0.29, 0.717) is 12.5 Å². The van der Waals surface area contributed by atoms with Gasteiger partial charge in [0.2, 0.25) is 0 Å². The standard InChI is InChI=1S/C15H18N2O4/c18-9-12-8-16-21-15(12)14(10-3-1-4-10)11-5-2-6-13(7-11)17(19)20/h2,5-7,10,14,16,18H,1,3-4,8-9H2. The Morgan fingerprint density at radius 3 is 2.90 bits per heavy atom. The van der Waals surface area contributed by atoms with Gasteiger partial charge in [-0.05, 0) is 24.3 Å². The average Bonchev–Trinajstić information content (AvgIpc) is 2.90. The predicted molar refractivity (Wildman–Crippen MR) is 76.4 cm³/mol. The van der Waals surface area contributed by atoms with E-state index in [1.54, 1.807) is 12.1 Å². The number of aliphatic hydroxyl groups is 1.